The Morgan fingerprint density at radius 1 is 0.778 bits per heavy atom. The van der Waals surface area contributed by atoms with Crippen molar-refractivity contribution in [3.8, 4) is 5.75 Å². The molecular weight excluding hydrogens is 396 g/mol. The summed E-state index contributed by atoms with van der Waals surface area (Å²) in [4.78, 5) is -0.789. The van der Waals surface area contributed by atoms with Gasteiger partial charge in [0.15, 0.2) is 0 Å². The van der Waals surface area contributed by atoms with Gasteiger partial charge in [-0.1, -0.05) is 24.3 Å². The van der Waals surface area contributed by atoms with Crippen LogP contribution in [0.25, 0.3) is 10.8 Å². The molecule has 0 radical (unpaired) electrons. The van der Waals surface area contributed by atoms with Gasteiger partial charge in [0, 0.05) is 5.39 Å². The standard InChI is InChI=1S/C16H12N2O7S2/c19-14-8-5-10-9-11(26(20,21)22)6-7-12(10)16(14)18-17-13-3-1-2-4-15(13)27(23,24)25/h1-9,19H,(H,20,21,22)(H,23,24,25). The lowest BCUT2D eigenvalue weighted by Gasteiger charge is -2.06. The maximum absolute atomic E-state index is 11.4. The summed E-state index contributed by atoms with van der Waals surface area (Å²) in [6.07, 6.45) is 0. The average molecular weight is 408 g/mol. The van der Waals surface area contributed by atoms with Gasteiger partial charge in [-0.05, 0) is 35.7 Å². The number of hydrogen-bond acceptors (Lipinski definition) is 7. The molecule has 0 aliphatic heterocycles. The summed E-state index contributed by atoms with van der Waals surface area (Å²) in [5.41, 5.74) is -0.189. The summed E-state index contributed by atoms with van der Waals surface area (Å²) in [6.45, 7) is 0. The number of nitrogens with zero attached hydrogens (tertiary/aromatic N) is 2. The second-order valence-electron chi connectivity index (χ2n) is 5.43. The number of phenols is 1. The molecule has 3 N–H and O–H groups in total. The van der Waals surface area contributed by atoms with Crippen molar-refractivity contribution in [3.05, 3.63) is 54.6 Å². The molecule has 0 heterocycles. The molecule has 0 saturated carbocycles. The van der Waals surface area contributed by atoms with Gasteiger partial charge < -0.3 is 5.11 Å². The molecule has 0 amide bonds. The average Bonchev–Trinajstić information content (AvgIpc) is 2.59. The third-order valence-electron chi connectivity index (χ3n) is 3.64. The predicted molar refractivity (Wildman–Crippen MR) is 95.9 cm³/mol. The maximum Gasteiger partial charge on any atom is 0.296 e. The molecule has 0 bridgehead atoms. The van der Waals surface area contributed by atoms with Crippen LogP contribution in [0.2, 0.25) is 0 Å². The molecule has 0 aliphatic rings. The van der Waals surface area contributed by atoms with Crippen LogP contribution in [0, 0.1) is 0 Å². The minimum Gasteiger partial charge on any atom is -0.506 e. The van der Waals surface area contributed by atoms with E-state index in [2.05, 4.69) is 10.2 Å². The Hall–Kier alpha value is -2.86. The molecule has 3 aromatic carbocycles. The Morgan fingerprint density at radius 2 is 1.48 bits per heavy atom. The lowest BCUT2D eigenvalue weighted by atomic mass is 10.1. The SMILES string of the molecule is O=S(=O)(O)c1ccc2c(N=Nc3ccccc3S(=O)(=O)O)c(O)ccc2c1. The Morgan fingerprint density at radius 3 is 2.15 bits per heavy atom. The van der Waals surface area contributed by atoms with E-state index in [4.69, 9.17) is 4.55 Å². The summed E-state index contributed by atoms with van der Waals surface area (Å²) in [5.74, 6) is -0.282. The fourth-order valence-corrected chi connectivity index (χ4v) is 3.55. The van der Waals surface area contributed by atoms with Gasteiger partial charge >= 0.3 is 0 Å². The number of rotatable bonds is 4. The molecule has 3 rings (SSSR count). The molecule has 0 aromatic heterocycles. The van der Waals surface area contributed by atoms with Gasteiger partial charge in [-0.3, -0.25) is 9.11 Å². The van der Waals surface area contributed by atoms with Crippen molar-refractivity contribution in [1.82, 2.24) is 0 Å². The zero-order valence-corrected chi connectivity index (χ0v) is 15.0. The van der Waals surface area contributed by atoms with Gasteiger partial charge in [0.2, 0.25) is 0 Å². The first-order valence-electron chi connectivity index (χ1n) is 7.29. The summed E-state index contributed by atoms with van der Waals surface area (Å²) in [6, 6.07) is 11.7. The Bertz CT molecular complexity index is 1280. The normalized spacial score (nSPS) is 12.7. The third-order valence-corrected chi connectivity index (χ3v) is 5.39. The minimum atomic E-state index is -4.52. The highest BCUT2D eigenvalue weighted by Crippen LogP contribution is 2.37. The fourth-order valence-electron chi connectivity index (χ4n) is 2.41. The molecule has 0 atom stereocenters. The largest absolute Gasteiger partial charge is 0.506 e. The van der Waals surface area contributed by atoms with Crippen LogP contribution >= 0.6 is 0 Å². The van der Waals surface area contributed by atoms with Gasteiger partial charge in [-0.15, -0.1) is 10.2 Å². The monoisotopic (exact) mass is 408 g/mol. The smallest absolute Gasteiger partial charge is 0.296 e. The van der Waals surface area contributed by atoms with Crippen LogP contribution < -0.4 is 0 Å². The molecular formula is C16H12N2O7S2. The number of azo groups is 1. The second-order valence-corrected chi connectivity index (χ2v) is 8.25. The molecule has 11 heteroatoms. The molecule has 0 unspecified atom stereocenters. The first-order valence-corrected chi connectivity index (χ1v) is 10.2. The number of aromatic hydroxyl groups is 1. The van der Waals surface area contributed by atoms with Gasteiger partial charge in [0.1, 0.15) is 22.0 Å². The van der Waals surface area contributed by atoms with E-state index >= 15 is 0 Å². The van der Waals surface area contributed by atoms with Crippen molar-refractivity contribution in [2.75, 3.05) is 0 Å². The number of benzene rings is 3. The Balaban J connectivity index is 2.16. The minimum absolute atomic E-state index is 0.0421. The van der Waals surface area contributed by atoms with E-state index in [1.165, 1.54) is 42.5 Å². The van der Waals surface area contributed by atoms with Crippen LogP contribution in [0.3, 0.4) is 0 Å². The van der Waals surface area contributed by atoms with Crippen LogP contribution in [0.15, 0.2) is 74.6 Å². The molecule has 0 spiro atoms. The first kappa shape index (κ1) is 18.9. The van der Waals surface area contributed by atoms with Crippen molar-refractivity contribution in [3.63, 3.8) is 0 Å². The van der Waals surface area contributed by atoms with Gasteiger partial charge in [0.25, 0.3) is 20.2 Å². The fraction of sp³-hybridized carbons (Fsp3) is 0. The topological polar surface area (TPSA) is 154 Å². The summed E-state index contributed by atoms with van der Waals surface area (Å²) in [7, 11) is -8.93. The van der Waals surface area contributed by atoms with Crippen LogP contribution in [0.1, 0.15) is 0 Å². The molecule has 0 saturated heterocycles. The van der Waals surface area contributed by atoms with Crippen molar-refractivity contribution < 1.29 is 31.0 Å². The molecule has 9 nitrogen and oxygen atoms in total. The van der Waals surface area contributed by atoms with Crippen LogP contribution in [-0.4, -0.2) is 31.0 Å². The summed E-state index contributed by atoms with van der Waals surface area (Å²) < 4.78 is 63.7. The van der Waals surface area contributed by atoms with E-state index in [0.717, 1.165) is 12.1 Å². The van der Waals surface area contributed by atoms with E-state index in [0.29, 0.717) is 10.8 Å². The molecule has 140 valence electrons. The third kappa shape index (κ3) is 3.95. The predicted octanol–water partition coefficient (Wildman–Crippen LogP) is 3.45. The second kappa shape index (κ2) is 6.70. The number of fused-ring (bicyclic) bond motifs is 1. The molecule has 27 heavy (non-hydrogen) atoms. The summed E-state index contributed by atoms with van der Waals surface area (Å²) >= 11 is 0. The highest BCUT2D eigenvalue weighted by Gasteiger charge is 2.16. The Kier molecular flexibility index (Phi) is 4.70. The van der Waals surface area contributed by atoms with Crippen molar-refractivity contribution in [1.29, 1.82) is 0 Å². The molecule has 0 fully saturated rings. The summed E-state index contributed by atoms with van der Waals surface area (Å²) in [5, 5.41) is 18.4. The Labute approximate surface area is 154 Å². The van der Waals surface area contributed by atoms with E-state index in [9.17, 15) is 26.5 Å². The number of hydrogen-bond donors (Lipinski definition) is 3. The molecule has 3 aromatic rings. The highest BCUT2D eigenvalue weighted by molar-refractivity contribution is 7.86. The zero-order valence-electron chi connectivity index (χ0n) is 13.4. The lowest BCUT2D eigenvalue weighted by molar-refractivity contribution is 0.477. The van der Waals surface area contributed by atoms with E-state index < -0.39 is 25.1 Å². The quantitative estimate of drug-likeness (QED) is 0.441. The molecule has 0 aliphatic carbocycles. The van der Waals surface area contributed by atoms with Gasteiger partial charge in [-0.25, -0.2) is 0 Å². The van der Waals surface area contributed by atoms with Gasteiger partial charge in [0.05, 0.1) is 4.90 Å². The van der Waals surface area contributed by atoms with Crippen molar-refractivity contribution in [2.45, 2.75) is 9.79 Å². The van der Waals surface area contributed by atoms with Crippen LogP contribution in [-0.2, 0) is 20.2 Å². The highest BCUT2D eigenvalue weighted by atomic mass is 32.2. The number of phenolic OH excluding ortho intramolecular Hbond substituents is 1. The van der Waals surface area contributed by atoms with E-state index in [1.807, 2.05) is 0 Å². The maximum atomic E-state index is 11.4. The van der Waals surface area contributed by atoms with Crippen LogP contribution in [0.4, 0.5) is 11.4 Å². The van der Waals surface area contributed by atoms with E-state index in [1.54, 1.807) is 0 Å². The van der Waals surface area contributed by atoms with Crippen LogP contribution in [0.5, 0.6) is 5.75 Å². The zero-order chi connectivity index (χ0) is 19.8. The first-order chi connectivity index (χ1) is 12.6. The van der Waals surface area contributed by atoms with Crippen molar-refractivity contribution >= 4 is 42.4 Å². The van der Waals surface area contributed by atoms with E-state index in [-0.39, 0.29) is 22.0 Å². The van der Waals surface area contributed by atoms with Crippen molar-refractivity contribution in [2.24, 2.45) is 10.2 Å². The lowest BCUT2D eigenvalue weighted by Crippen LogP contribution is -1.97. The van der Waals surface area contributed by atoms with Gasteiger partial charge in [-0.2, -0.15) is 16.8 Å².